The van der Waals surface area contributed by atoms with E-state index in [0.29, 0.717) is 11.5 Å². The first-order valence-corrected chi connectivity index (χ1v) is 18.5. The minimum Gasteiger partial charge on any atom is -0.509 e. The zero-order valence-corrected chi connectivity index (χ0v) is 34.8. The number of rotatable bonds is 5. The van der Waals surface area contributed by atoms with Crippen LogP contribution in [-0.2, 0) is 37.3 Å². The maximum absolute atomic E-state index is 6.56. The van der Waals surface area contributed by atoms with Crippen LogP contribution >= 0.6 is 0 Å². The number of nitrogens with zero attached hydrogens (tertiary/aromatic N) is 4. The second kappa shape index (κ2) is 13.8. The average Bonchev–Trinajstić information content (AvgIpc) is 3.67. The first kappa shape index (κ1) is 37.5. The summed E-state index contributed by atoms with van der Waals surface area (Å²) in [6.07, 6.45) is 1.90. The van der Waals surface area contributed by atoms with Gasteiger partial charge in [0, 0.05) is 61.3 Å². The minimum atomic E-state index is -0.00850. The molecule has 7 aromatic rings. The number of ether oxygens (including phenoxy) is 1. The molecule has 1 aliphatic rings. The van der Waals surface area contributed by atoms with E-state index in [-0.39, 0.29) is 37.3 Å². The Balaban J connectivity index is 0.00000450. The Morgan fingerprint density at radius 1 is 0.574 bits per heavy atom. The molecule has 0 N–H and O–H groups in total. The number of para-hydroxylation sites is 3. The van der Waals surface area contributed by atoms with Crippen LogP contribution in [0.5, 0.6) is 11.5 Å². The van der Waals surface area contributed by atoms with Crippen molar-refractivity contribution < 1.29 is 25.8 Å². The standard InChI is InChI=1S/C48H47N4O.Pt/c1-46(2,3)32-23-24-49-45(28-32)52-41-18-11-10-17-39(41)40-22-21-38(30-44(40)52)53-37-16-14-15-35(29-37)50-31-51(43-20-13-12-19-42(43)50)36-26-33(47(4,5)6)25-34(27-36)48(7,8)9;/h10-28,31H,1-9H3;/q-3;. The molecule has 278 valence electrons. The quantitative estimate of drug-likeness (QED) is 0.161. The number of anilines is 4. The number of fused-ring (bicyclic) bond motifs is 4. The van der Waals surface area contributed by atoms with Gasteiger partial charge in [-0.1, -0.05) is 104 Å². The Bertz CT molecular complexity index is 2460. The maximum atomic E-state index is 6.56. The van der Waals surface area contributed by atoms with Gasteiger partial charge in [-0.25, -0.2) is 4.98 Å². The van der Waals surface area contributed by atoms with Crippen molar-refractivity contribution in [1.82, 2.24) is 9.55 Å². The van der Waals surface area contributed by atoms with E-state index in [4.69, 9.17) is 9.72 Å². The molecule has 2 aromatic heterocycles. The van der Waals surface area contributed by atoms with Gasteiger partial charge in [0.2, 0.25) is 0 Å². The molecule has 0 unspecified atom stereocenters. The SMILES string of the molecule is CC(C)(C)c1cc(N2[CH-]N(c3[c-]c(Oc4[c-]c5c(cc4)c4ccccc4n5-c4cc(C(C)(C)C)ccn4)ccc3)c3ccccc32)cc(C(C)(C)C)c1.[Pt]. The van der Waals surface area contributed by atoms with Gasteiger partial charge < -0.3 is 19.1 Å². The second-order valence-corrected chi connectivity index (χ2v) is 17.2. The van der Waals surface area contributed by atoms with Gasteiger partial charge in [-0.05, 0) is 80.8 Å². The molecule has 6 heteroatoms. The summed E-state index contributed by atoms with van der Waals surface area (Å²) in [7, 11) is 0. The number of hydrogen-bond donors (Lipinski definition) is 0. The molecular weight excluding hydrogens is 844 g/mol. The minimum absolute atomic E-state index is 0. The normalized spacial score (nSPS) is 13.4. The van der Waals surface area contributed by atoms with Crippen LogP contribution in [0, 0.1) is 18.8 Å². The van der Waals surface area contributed by atoms with Crippen molar-refractivity contribution >= 4 is 44.6 Å². The molecule has 1 aliphatic heterocycles. The summed E-state index contributed by atoms with van der Waals surface area (Å²) >= 11 is 0. The van der Waals surface area contributed by atoms with E-state index < -0.39 is 0 Å². The van der Waals surface area contributed by atoms with E-state index in [0.717, 1.165) is 50.4 Å². The Labute approximate surface area is 334 Å². The summed E-state index contributed by atoms with van der Waals surface area (Å²) in [5.41, 5.74) is 10.1. The Kier molecular flexibility index (Phi) is 9.55. The van der Waals surface area contributed by atoms with Crippen LogP contribution < -0.4 is 14.5 Å². The Morgan fingerprint density at radius 2 is 1.20 bits per heavy atom. The largest absolute Gasteiger partial charge is 0.509 e. The van der Waals surface area contributed by atoms with E-state index in [2.05, 4.69) is 186 Å². The third-order valence-corrected chi connectivity index (χ3v) is 10.2. The summed E-state index contributed by atoms with van der Waals surface area (Å²) in [4.78, 5) is 9.32. The van der Waals surface area contributed by atoms with Crippen LogP contribution in [0.4, 0.5) is 22.7 Å². The van der Waals surface area contributed by atoms with Crippen molar-refractivity contribution in [2.24, 2.45) is 0 Å². The van der Waals surface area contributed by atoms with Gasteiger partial charge in [-0.3, -0.25) is 0 Å². The number of benzene rings is 5. The molecule has 5 nitrogen and oxygen atoms in total. The molecule has 0 bridgehead atoms. The average molecular weight is 891 g/mol. The van der Waals surface area contributed by atoms with Crippen molar-refractivity contribution in [3.8, 4) is 17.3 Å². The van der Waals surface area contributed by atoms with Gasteiger partial charge in [-0.2, -0.15) is 12.1 Å². The maximum Gasteiger partial charge on any atom is 0.135 e. The van der Waals surface area contributed by atoms with Crippen LogP contribution in [0.25, 0.3) is 27.6 Å². The van der Waals surface area contributed by atoms with Gasteiger partial charge >= 0.3 is 0 Å². The summed E-state index contributed by atoms with van der Waals surface area (Å²) < 4.78 is 8.75. The summed E-state index contributed by atoms with van der Waals surface area (Å²) in [6.45, 7) is 22.5. The molecule has 0 atom stereocenters. The topological polar surface area (TPSA) is 33.5 Å². The fourth-order valence-corrected chi connectivity index (χ4v) is 7.06. The van der Waals surface area contributed by atoms with Crippen molar-refractivity contribution in [3.63, 3.8) is 0 Å². The molecule has 0 fully saturated rings. The number of hydrogen-bond acceptors (Lipinski definition) is 4. The third-order valence-electron chi connectivity index (χ3n) is 10.2. The summed E-state index contributed by atoms with van der Waals surface area (Å²) in [5.74, 6) is 2.09. The summed E-state index contributed by atoms with van der Waals surface area (Å²) in [5, 5.41) is 2.25. The molecule has 54 heavy (non-hydrogen) atoms. The zero-order chi connectivity index (χ0) is 37.3. The zero-order valence-electron chi connectivity index (χ0n) is 32.6. The van der Waals surface area contributed by atoms with Crippen LogP contribution in [-0.4, -0.2) is 9.55 Å². The molecular formula is C48H47N4OPt-3. The Morgan fingerprint density at radius 3 is 1.89 bits per heavy atom. The number of pyridine rings is 1. The molecule has 3 heterocycles. The summed E-state index contributed by atoms with van der Waals surface area (Å²) in [6, 6.07) is 45.6. The van der Waals surface area contributed by atoms with E-state index in [1.54, 1.807) is 0 Å². The first-order valence-electron chi connectivity index (χ1n) is 18.5. The monoisotopic (exact) mass is 890 g/mol. The van der Waals surface area contributed by atoms with Crippen LogP contribution in [0.3, 0.4) is 0 Å². The van der Waals surface area contributed by atoms with E-state index in [1.807, 2.05) is 24.4 Å². The fraction of sp³-hybridized carbons (Fsp3) is 0.250. The second-order valence-electron chi connectivity index (χ2n) is 17.2. The van der Waals surface area contributed by atoms with E-state index in [9.17, 15) is 0 Å². The van der Waals surface area contributed by atoms with Gasteiger partial charge in [0.25, 0.3) is 0 Å². The van der Waals surface area contributed by atoms with Gasteiger partial charge in [0.05, 0.1) is 0 Å². The van der Waals surface area contributed by atoms with Crippen LogP contribution in [0.2, 0.25) is 0 Å². The van der Waals surface area contributed by atoms with Crippen molar-refractivity contribution in [2.45, 2.75) is 78.6 Å². The molecule has 0 aliphatic carbocycles. The molecule has 0 saturated carbocycles. The molecule has 0 radical (unpaired) electrons. The Hall–Kier alpha value is -4.86. The smallest absolute Gasteiger partial charge is 0.135 e. The number of aromatic nitrogens is 2. The van der Waals surface area contributed by atoms with Crippen molar-refractivity contribution in [3.05, 3.63) is 151 Å². The predicted molar refractivity (Wildman–Crippen MR) is 220 cm³/mol. The molecule has 0 spiro atoms. The van der Waals surface area contributed by atoms with E-state index in [1.165, 1.54) is 16.7 Å². The fourth-order valence-electron chi connectivity index (χ4n) is 7.06. The van der Waals surface area contributed by atoms with Crippen LogP contribution in [0.15, 0.2) is 115 Å². The van der Waals surface area contributed by atoms with Crippen molar-refractivity contribution in [1.29, 1.82) is 0 Å². The van der Waals surface area contributed by atoms with Gasteiger partial charge in [-0.15, -0.1) is 48.1 Å². The van der Waals surface area contributed by atoms with Gasteiger partial charge in [0.1, 0.15) is 5.82 Å². The molecule has 0 amide bonds. The molecule has 8 rings (SSSR count). The molecule has 5 aromatic carbocycles. The van der Waals surface area contributed by atoms with Crippen LogP contribution in [0.1, 0.15) is 79.0 Å². The predicted octanol–water partition coefficient (Wildman–Crippen LogP) is 12.9. The van der Waals surface area contributed by atoms with Gasteiger partial charge in [0.15, 0.2) is 0 Å². The first-order chi connectivity index (χ1) is 25.1. The third kappa shape index (κ3) is 6.95. The molecule has 0 saturated heterocycles. The van der Waals surface area contributed by atoms with E-state index >= 15 is 0 Å². The van der Waals surface area contributed by atoms with Crippen molar-refractivity contribution in [2.75, 3.05) is 9.80 Å².